The number of hydrogen-bond donors (Lipinski definition) is 0. The largest absolute Gasteiger partial charge is 0.332 e. The van der Waals surface area contributed by atoms with Crippen molar-refractivity contribution >= 4 is 5.91 Å². The van der Waals surface area contributed by atoms with Crippen LogP contribution in [0.15, 0.2) is 36.7 Å². The summed E-state index contributed by atoms with van der Waals surface area (Å²) in [6.07, 6.45) is 4.74. The highest BCUT2D eigenvalue weighted by Crippen LogP contribution is 2.33. The summed E-state index contributed by atoms with van der Waals surface area (Å²) in [5.74, 6) is -4.99. The number of hydrogen-bond acceptors (Lipinski definition) is 2. The van der Waals surface area contributed by atoms with Crippen LogP contribution in [0.3, 0.4) is 0 Å². The number of pyridine rings is 1. The van der Waals surface area contributed by atoms with Crippen LogP contribution in [-0.2, 0) is 0 Å². The first-order valence-electron chi connectivity index (χ1n) is 6.94. The van der Waals surface area contributed by atoms with E-state index in [1.165, 1.54) is 4.90 Å². The standard InChI is InChI=1S/C16H13F3N2O/c17-12-4-3-11(14(18)15(12)19)16(22)21-9-1-2-13(21)10-5-7-20-8-6-10/h3-8,13H,1-2,9H2. The van der Waals surface area contributed by atoms with Crippen LogP contribution in [0.4, 0.5) is 13.2 Å². The van der Waals surface area contributed by atoms with E-state index < -0.39 is 28.9 Å². The van der Waals surface area contributed by atoms with Gasteiger partial charge in [0, 0.05) is 18.9 Å². The van der Waals surface area contributed by atoms with Crippen LogP contribution in [0.1, 0.15) is 34.8 Å². The number of halogens is 3. The van der Waals surface area contributed by atoms with Gasteiger partial charge in [-0.25, -0.2) is 13.2 Å². The third-order valence-corrected chi connectivity index (χ3v) is 3.87. The molecule has 1 aliphatic heterocycles. The third-order valence-electron chi connectivity index (χ3n) is 3.87. The Balaban J connectivity index is 1.93. The summed E-state index contributed by atoms with van der Waals surface area (Å²) in [5, 5.41) is 0. The zero-order valence-electron chi connectivity index (χ0n) is 11.6. The molecule has 1 saturated heterocycles. The molecular weight excluding hydrogens is 293 g/mol. The molecule has 0 N–H and O–H groups in total. The molecule has 0 spiro atoms. The lowest BCUT2D eigenvalue weighted by molar-refractivity contribution is 0.0729. The maximum Gasteiger partial charge on any atom is 0.257 e. The average Bonchev–Trinajstić information content (AvgIpc) is 3.03. The number of amides is 1. The Bertz CT molecular complexity index is 706. The van der Waals surface area contributed by atoms with Gasteiger partial charge in [0.2, 0.25) is 0 Å². The lowest BCUT2D eigenvalue weighted by Crippen LogP contribution is -2.31. The second kappa shape index (κ2) is 5.79. The Labute approximate surface area is 125 Å². The van der Waals surface area contributed by atoms with Crippen molar-refractivity contribution in [2.45, 2.75) is 18.9 Å². The summed E-state index contributed by atoms with van der Waals surface area (Å²) < 4.78 is 40.1. The number of carbonyl (C=O) groups excluding carboxylic acids is 1. The zero-order chi connectivity index (χ0) is 15.7. The molecule has 0 saturated carbocycles. The predicted octanol–water partition coefficient (Wildman–Crippen LogP) is 3.48. The van der Waals surface area contributed by atoms with Gasteiger partial charge in [-0.05, 0) is 42.7 Å². The van der Waals surface area contributed by atoms with E-state index in [1.807, 2.05) is 0 Å². The van der Waals surface area contributed by atoms with Crippen molar-refractivity contribution in [3.05, 3.63) is 65.2 Å². The van der Waals surface area contributed by atoms with Crippen molar-refractivity contribution in [3.8, 4) is 0 Å². The lowest BCUT2D eigenvalue weighted by atomic mass is 10.1. The molecule has 3 rings (SSSR count). The average molecular weight is 306 g/mol. The Hall–Kier alpha value is -2.37. The Morgan fingerprint density at radius 1 is 1.09 bits per heavy atom. The van der Waals surface area contributed by atoms with E-state index in [-0.39, 0.29) is 6.04 Å². The number of nitrogens with zero attached hydrogens (tertiary/aromatic N) is 2. The van der Waals surface area contributed by atoms with Crippen LogP contribution in [-0.4, -0.2) is 22.3 Å². The highest BCUT2D eigenvalue weighted by atomic mass is 19.2. The quantitative estimate of drug-likeness (QED) is 0.796. The highest BCUT2D eigenvalue weighted by molar-refractivity contribution is 5.95. The maximum absolute atomic E-state index is 13.8. The molecule has 22 heavy (non-hydrogen) atoms. The van der Waals surface area contributed by atoms with E-state index in [2.05, 4.69) is 4.98 Å². The molecule has 1 aromatic carbocycles. The summed E-state index contributed by atoms with van der Waals surface area (Å²) in [6, 6.07) is 5.12. The Morgan fingerprint density at radius 2 is 1.82 bits per heavy atom. The SMILES string of the molecule is O=C(c1ccc(F)c(F)c1F)N1CCCC1c1ccncc1. The van der Waals surface area contributed by atoms with Crippen LogP contribution in [0, 0.1) is 17.5 Å². The van der Waals surface area contributed by atoms with E-state index >= 15 is 0 Å². The molecule has 1 atom stereocenters. The molecular formula is C16H13F3N2O. The predicted molar refractivity (Wildman–Crippen MR) is 73.6 cm³/mol. The molecule has 2 aromatic rings. The zero-order valence-corrected chi connectivity index (χ0v) is 11.6. The number of carbonyl (C=O) groups is 1. The first kappa shape index (κ1) is 14.6. The molecule has 0 aliphatic carbocycles. The highest BCUT2D eigenvalue weighted by Gasteiger charge is 2.32. The van der Waals surface area contributed by atoms with Gasteiger partial charge in [0.05, 0.1) is 11.6 Å². The van der Waals surface area contributed by atoms with Gasteiger partial charge >= 0.3 is 0 Å². The Kier molecular flexibility index (Phi) is 3.83. The minimum atomic E-state index is -1.62. The van der Waals surface area contributed by atoms with Gasteiger partial charge in [0.15, 0.2) is 17.5 Å². The minimum absolute atomic E-state index is 0.206. The summed E-state index contributed by atoms with van der Waals surface area (Å²) in [7, 11) is 0. The topological polar surface area (TPSA) is 33.2 Å². The smallest absolute Gasteiger partial charge is 0.257 e. The number of rotatable bonds is 2. The van der Waals surface area contributed by atoms with E-state index in [0.717, 1.165) is 30.5 Å². The van der Waals surface area contributed by atoms with Crippen LogP contribution in [0.5, 0.6) is 0 Å². The van der Waals surface area contributed by atoms with Crippen LogP contribution in [0.25, 0.3) is 0 Å². The molecule has 1 amide bonds. The third kappa shape index (κ3) is 2.45. The molecule has 114 valence electrons. The van der Waals surface area contributed by atoms with Crippen molar-refractivity contribution in [1.82, 2.24) is 9.88 Å². The molecule has 0 radical (unpaired) electrons. The summed E-state index contributed by atoms with van der Waals surface area (Å²) in [6.45, 7) is 0.449. The number of aromatic nitrogens is 1. The normalized spacial score (nSPS) is 17.8. The molecule has 1 fully saturated rings. The van der Waals surface area contributed by atoms with E-state index in [0.29, 0.717) is 6.54 Å². The number of benzene rings is 1. The van der Waals surface area contributed by atoms with Crippen molar-refractivity contribution in [2.75, 3.05) is 6.54 Å². The lowest BCUT2D eigenvalue weighted by Gasteiger charge is -2.25. The maximum atomic E-state index is 13.8. The van der Waals surface area contributed by atoms with Gasteiger partial charge in [-0.15, -0.1) is 0 Å². The fourth-order valence-corrected chi connectivity index (χ4v) is 2.79. The first-order chi connectivity index (χ1) is 10.6. The van der Waals surface area contributed by atoms with Crippen molar-refractivity contribution in [1.29, 1.82) is 0 Å². The molecule has 1 aromatic heterocycles. The second-order valence-corrected chi connectivity index (χ2v) is 5.16. The van der Waals surface area contributed by atoms with Crippen LogP contribution >= 0.6 is 0 Å². The van der Waals surface area contributed by atoms with Crippen molar-refractivity contribution < 1.29 is 18.0 Å². The van der Waals surface area contributed by atoms with E-state index in [9.17, 15) is 18.0 Å². The van der Waals surface area contributed by atoms with Gasteiger partial charge < -0.3 is 4.90 Å². The summed E-state index contributed by atoms with van der Waals surface area (Å²) >= 11 is 0. The van der Waals surface area contributed by atoms with Gasteiger partial charge in [0.25, 0.3) is 5.91 Å². The molecule has 0 bridgehead atoms. The van der Waals surface area contributed by atoms with E-state index in [1.54, 1.807) is 24.5 Å². The second-order valence-electron chi connectivity index (χ2n) is 5.16. The van der Waals surface area contributed by atoms with Crippen molar-refractivity contribution in [2.24, 2.45) is 0 Å². The Morgan fingerprint density at radius 3 is 2.55 bits per heavy atom. The van der Waals surface area contributed by atoms with Crippen molar-refractivity contribution in [3.63, 3.8) is 0 Å². The molecule has 6 heteroatoms. The minimum Gasteiger partial charge on any atom is -0.332 e. The van der Waals surface area contributed by atoms with Gasteiger partial charge in [-0.1, -0.05) is 0 Å². The monoisotopic (exact) mass is 306 g/mol. The molecule has 1 unspecified atom stereocenters. The molecule has 1 aliphatic rings. The van der Waals surface area contributed by atoms with E-state index in [4.69, 9.17) is 0 Å². The fraction of sp³-hybridized carbons (Fsp3) is 0.250. The summed E-state index contributed by atoms with van der Waals surface area (Å²) in [4.78, 5) is 17.9. The molecule has 2 heterocycles. The van der Waals surface area contributed by atoms with Crippen LogP contribution < -0.4 is 0 Å². The van der Waals surface area contributed by atoms with Gasteiger partial charge in [0.1, 0.15) is 0 Å². The fourth-order valence-electron chi connectivity index (χ4n) is 2.79. The van der Waals surface area contributed by atoms with Gasteiger partial charge in [-0.2, -0.15) is 0 Å². The first-order valence-corrected chi connectivity index (χ1v) is 6.94. The van der Waals surface area contributed by atoms with Gasteiger partial charge in [-0.3, -0.25) is 9.78 Å². The van der Waals surface area contributed by atoms with Crippen LogP contribution in [0.2, 0.25) is 0 Å². The number of likely N-dealkylation sites (tertiary alicyclic amines) is 1. The molecule has 3 nitrogen and oxygen atoms in total. The summed E-state index contributed by atoms with van der Waals surface area (Å²) in [5.41, 5.74) is 0.448.